The van der Waals surface area contributed by atoms with Crippen molar-refractivity contribution in [1.82, 2.24) is 0 Å². The molecule has 1 aromatic carbocycles. The molecule has 13 unspecified atom stereocenters. The van der Waals surface area contributed by atoms with Crippen molar-refractivity contribution in [2.24, 2.45) is 44.8 Å². The number of carbonyl (C=O) groups excluding carboxylic acids is 6. The Bertz CT molecular complexity index is 1980. The number of ether oxygens (including phenoxy) is 6. The Hall–Kier alpha value is -4.48. The molecule has 1 saturated heterocycles. The molecule has 2 bridgehead atoms. The predicted molar refractivity (Wildman–Crippen MR) is 199 cm³/mol. The largest absolute Gasteiger partial charge is 0.493 e. The van der Waals surface area contributed by atoms with E-state index in [0.717, 1.165) is 11.1 Å². The van der Waals surface area contributed by atoms with E-state index in [1.807, 2.05) is 19.9 Å². The Morgan fingerprint density at radius 3 is 2.00 bits per heavy atom. The fourth-order valence-corrected chi connectivity index (χ4v) is 13.6. The van der Waals surface area contributed by atoms with Gasteiger partial charge in [0.1, 0.15) is 23.2 Å². The van der Waals surface area contributed by atoms with Crippen LogP contribution >= 0.6 is 0 Å². The smallest absolute Gasteiger partial charge is 0.338 e. The van der Waals surface area contributed by atoms with Gasteiger partial charge >= 0.3 is 29.8 Å². The molecule has 4 fully saturated rings. The molecule has 12 heteroatoms. The molecule has 12 nitrogen and oxygen atoms in total. The van der Waals surface area contributed by atoms with Crippen molar-refractivity contribution in [3.63, 3.8) is 0 Å². The van der Waals surface area contributed by atoms with E-state index in [0.29, 0.717) is 18.6 Å². The summed E-state index contributed by atoms with van der Waals surface area (Å²) in [5.74, 6) is -4.00. The van der Waals surface area contributed by atoms with Gasteiger partial charge in [-0.3, -0.25) is 24.0 Å². The molecule has 3 saturated carbocycles. The number of hydrogen-bond acceptors (Lipinski definition) is 12. The molecule has 0 radical (unpaired) electrons. The summed E-state index contributed by atoms with van der Waals surface area (Å²) < 4.78 is 37.8. The highest BCUT2D eigenvalue weighted by Gasteiger charge is 2.89. The number of fused-ring (bicyclic) bond motifs is 5. The summed E-state index contributed by atoms with van der Waals surface area (Å²) in [6.45, 7) is 17.5. The van der Waals surface area contributed by atoms with Crippen molar-refractivity contribution < 1.29 is 57.2 Å². The Labute approximate surface area is 328 Å². The quantitative estimate of drug-likeness (QED) is 0.182. The van der Waals surface area contributed by atoms with Crippen molar-refractivity contribution in [2.75, 3.05) is 7.11 Å². The Morgan fingerprint density at radius 1 is 0.804 bits per heavy atom. The highest BCUT2D eigenvalue weighted by Crippen LogP contribution is 2.82. The van der Waals surface area contributed by atoms with E-state index in [-0.39, 0.29) is 36.0 Å². The number of methoxy groups -OCH3 is 1. The van der Waals surface area contributed by atoms with Gasteiger partial charge in [0.25, 0.3) is 0 Å². The van der Waals surface area contributed by atoms with E-state index >= 15 is 0 Å². The van der Waals surface area contributed by atoms with Crippen LogP contribution in [0.2, 0.25) is 0 Å². The van der Waals surface area contributed by atoms with Gasteiger partial charge < -0.3 is 28.4 Å². The number of Topliss-reactive ketones (excluding diaryl/α,β-unsaturated/α-hetero) is 1. The Morgan fingerprint density at radius 2 is 1.41 bits per heavy atom. The minimum Gasteiger partial charge on any atom is -0.493 e. The molecule has 0 aromatic heterocycles. The predicted octanol–water partition coefficient (Wildman–Crippen LogP) is 6.25. The Kier molecular flexibility index (Phi) is 9.06. The van der Waals surface area contributed by atoms with Crippen LogP contribution in [0, 0.1) is 44.8 Å². The molecule has 7 rings (SSSR count). The molecule has 6 aliphatic rings. The Balaban J connectivity index is 1.55. The lowest BCUT2D eigenvalue weighted by Gasteiger charge is -2.69. The number of ketones is 1. The van der Waals surface area contributed by atoms with Crippen molar-refractivity contribution in [3.05, 3.63) is 58.9 Å². The summed E-state index contributed by atoms with van der Waals surface area (Å²) in [7, 11) is 1.50. The standard InChI is InChI=1S/C44H54O12/c1-22-17-32(55-37(49)28-15-13-12-14-16-28)42(10)36(54-27(6)47)35(53-26(5)46)41(9)21-43(42,56-38(41)50)44(22)23(2)19-40(8)31-18-29(48)33(51-11)24(3)39(31,7)20-30(34(40)44)52-25(4)45/h12-17,23,30-32,34-36H,18-21H2,1-11H3. The molecule has 2 spiro atoms. The summed E-state index contributed by atoms with van der Waals surface area (Å²) in [5, 5.41) is 0. The van der Waals surface area contributed by atoms with Crippen molar-refractivity contribution in [2.45, 2.75) is 125 Å². The lowest BCUT2D eigenvalue weighted by molar-refractivity contribution is -0.291. The molecular weight excluding hydrogens is 720 g/mol. The van der Waals surface area contributed by atoms with E-state index in [4.69, 9.17) is 28.4 Å². The number of rotatable bonds is 6. The first-order chi connectivity index (χ1) is 26.1. The van der Waals surface area contributed by atoms with E-state index in [1.165, 1.54) is 27.9 Å². The van der Waals surface area contributed by atoms with E-state index < -0.39 is 92.9 Å². The van der Waals surface area contributed by atoms with Gasteiger partial charge in [0.2, 0.25) is 0 Å². The zero-order valence-electron chi connectivity index (χ0n) is 34.2. The van der Waals surface area contributed by atoms with Gasteiger partial charge in [0.05, 0.1) is 18.1 Å². The highest BCUT2D eigenvalue weighted by atomic mass is 16.6. The fraction of sp³-hybridized carbons (Fsp3) is 0.636. The summed E-state index contributed by atoms with van der Waals surface area (Å²) in [6.07, 6.45) is -1.56. The van der Waals surface area contributed by atoms with Gasteiger partial charge in [-0.25, -0.2) is 4.79 Å². The summed E-state index contributed by atoms with van der Waals surface area (Å²) in [6, 6.07) is 8.47. The molecule has 302 valence electrons. The average Bonchev–Trinajstić information content (AvgIpc) is 3.52. The van der Waals surface area contributed by atoms with Crippen LogP contribution in [0.4, 0.5) is 0 Å². The first kappa shape index (κ1) is 39.7. The SMILES string of the molecule is COC1=C(C)C2(C)CC(OC(C)=O)C3C(C)(CC(C)C34C(C)=CC(OC(=O)c3ccccc3)C3(C)C(OC(C)=O)C(OC(C)=O)C5(C)CC34OC5=O)C2CC1=O. The molecule has 5 aliphatic carbocycles. The molecule has 1 aliphatic heterocycles. The molecule has 13 atom stereocenters. The molecular formula is C44H54O12. The minimum absolute atomic E-state index is 0.00689. The van der Waals surface area contributed by atoms with Gasteiger partial charge in [-0.1, -0.05) is 44.5 Å². The lowest BCUT2D eigenvalue weighted by atomic mass is 9.36. The first-order valence-corrected chi connectivity index (χ1v) is 19.6. The topological polar surface area (TPSA) is 158 Å². The second-order valence-electron chi connectivity index (χ2n) is 18.3. The third-order valence-corrected chi connectivity index (χ3v) is 15.5. The number of esters is 5. The number of benzene rings is 1. The summed E-state index contributed by atoms with van der Waals surface area (Å²) in [5.41, 5.74) is -5.25. The van der Waals surface area contributed by atoms with Crippen LogP contribution in [0.1, 0.15) is 105 Å². The maximum Gasteiger partial charge on any atom is 0.338 e. The average molecular weight is 775 g/mol. The van der Waals surface area contributed by atoms with Gasteiger partial charge in [-0.15, -0.1) is 0 Å². The van der Waals surface area contributed by atoms with Crippen molar-refractivity contribution in [1.29, 1.82) is 0 Å². The van der Waals surface area contributed by atoms with Gasteiger partial charge in [-0.05, 0) is 87.0 Å². The van der Waals surface area contributed by atoms with Gasteiger partial charge in [0, 0.05) is 44.9 Å². The zero-order chi connectivity index (χ0) is 41.1. The van der Waals surface area contributed by atoms with Crippen LogP contribution in [0.15, 0.2) is 53.3 Å². The maximum atomic E-state index is 14.8. The van der Waals surface area contributed by atoms with E-state index in [2.05, 4.69) is 20.8 Å². The van der Waals surface area contributed by atoms with Gasteiger partial charge in [0.15, 0.2) is 23.8 Å². The fourth-order valence-electron chi connectivity index (χ4n) is 13.6. The second-order valence-corrected chi connectivity index (χ2v) is 18.3. The number of carbonyl (C=O) groups is 6. The molecule has 1 aromatic rings. The molecule has 0 amide bonds. The summed E-state index contributed by atoms with van der Waals surface area (Å²) in [4.78, 5) is 82.0. The third kappa shape index (κ3) is 4.88. The minimum atomic E-state index is -1.59. The van der Waals surface area contributed by atoms with E-state index in [1.54, 1.807) is 44.2 Å². The van der Waals surface area contributed by atoms with Crippen LogP contribution in [0.5, 0.6) is 0 Å². The second kappa shape index (κ2) is 12.8. The van der Waals surface area contributed by atoms with Crippen LogP contribution in [-0.2, 0) is 52.4 Å². The van der Waals surface area contributed by atoms with E-state index in [9.17, 15) is 28.8 Å². The van der Waals surface area contributed by atoms with Crippen LogP contribution in [0.3, 0.4) is 0 Å². The third-order valence-electron chi connectivity index (χ3n) is 15.5. The normalized spacial score (nSPS) is 43.4. The van der Waals surface area contributed by atoms with Gasteiger partial charge in [-0.2, -0.15) is 0 Å². The highest BCUT2D eigenvalue weighted by molar-refractivity contribution is 5.96. The van der Waals surface area contributed by atoms with Crippen LogP contribution in [0.25, 0.3) is 0 Å². The number of allylic oxidation sites excluding steroid dienone is 2. The maximum absolute atomic E-state index is 14.8. The van der Waals surface area contributed by atoms with Crippen molar-refractivity contribution >= 4 is 35.6 Å². The molecule has 0 N–H and O–H groups in total. The zero-order valence-corrected chi connectivity index (χ0v) is 34.2. The first-order valence-electron chi connectivity index (χ1n) is 19.6. The lowest BCUT2D eigenvalue weighted by Crippen LogP contribution is -2.78. The molecule has 1 heterocycles. The summed E-state index contributed by atoms with van der Waals surface area (Å²) >= 11 is 0. The molecule has 56 heavy (non-hydrogen) atoms. The number of hydrogen-bond donors (Lipinski definition) is 0. The monoisotopic (exact) mass is 774 g/mol. The van der Waals surface area contributed by atoms with Crippen molar-refractivity contribution in [3.8, 4) is 0 Å². The van der Waals surface area contributed by atoms with Crippen LogP contribution in [-0.4, -0.2) is 72.8 Å². The van der Waals surface area contributed by atoms with Crippen LogP contribution < -0.4 is 0 Å².